The molecule has 1 saturated carbocycles. The first-order chi connectivity index (χ1) is 9.49. The zero-order chi connectivity index (χ0) is 14.7. The fourth-order valence-corrected chi connectivity index (χ4v) is 2.41. The zero-order valence-electron chi connectivity index (χ0n) is 11.4. The number of carbonyl (C=O) groups excluding carboxylic acids is 1. The minimum Gasteiger partial charge on any atom is -0.481 e. The van der Waals surface area contributed by atoms with Crippen molar-refractivity contribution in [2.45, 2.75) is 25.2 Å². The molecule has 1 fully saturated rings. The quantitative estimate of drug-likeness (QED) is 0.869. The summed E-state index contributed by atoms with van der Waals surface area (Å²) >= 11 is 0. The van der Waals surface area contributed by atoms with Crippen LogP contribution in [0.25, 0.3) is 0 Å². The predicted molar refractivity (Wildman–Crippen MR) is 71.8 cm³/mol. The van der Waals surface area contributed by atoms with Gasteiger partial charge in [0.1, 0.15) is 5.82 Å². The Balaban J connectivity index is 1.83. The minimum atomic E-state index is -0.846. The average molecular weight is 279 g/mol. The fraction of sp³-hybridized carbons (Fsp3) is 0.467. The third kappa shape index (κ3) is 3.56. The van der Waals surface area contributed by atoms with E-state index in [1.165, 1.54) is 12.1 Å². The van der Waals surface area contributed by atoms with Crippen molar-refractivity contribution in [3.63, 3.8) is 0 Å². The predicted octanol–water partition coefficient (Wildman–Crippen LogP) is 2.25. The van der Waals surface area contributed by atoms with Gasteiger partial charge in [0.2, 0.25) is 5.91 Å². The Morgan fingerprint density at radius 2 is 2.00 bits per heavy atom. The second kappa shape index (κ2) is 6.03. The molecule has 4 nitrogen and oxygen atoms in total. The third-order valence-corrected chi connectivity index (χ3v) is 3.67. The number of aliphatic carboxylic acids is 1. The Hall–Kier alpha value is -1.91. The molecule has 5 heteroatoms. The average Bonchev–Trinajstić information content (AvgIpc) is 3.18. The first-order valence-corrected chi connectivity index (χ1v) is 6.71. The van der Waals surface area contributed by atoms with E-state index in [1.807, 2.05) is 0 Å². The molecule has 1 aromatic rings. The molecule has 1 aromatic carbocycles. The number of carboxylic acids is 1. The summed E-state index contributed by atoms with van der Waals surface area (Å²) in [6, 6.07) is 6.26. The highest BCUT2D eigenvalue weighted by Crippen LogP contribution is 2.48. The highest BCUT2D eigenvalue weighted by Gasteiger charge is 2.44. The summed E-state index contributed by atoms with van der Waals surface area (Å²) in [5, 5.41) is 8.57. The maximum atomic E-state index is 12.8. The zero-order valence-corrected chi connectivity index (χ0v) is 11.4. The van der Waals surface area contributed by atoms with Crippen molar-refractivity contribution < 1.29 is 19.1 Å². The lowest BCUT2D eigenvalue weighted by Gasteiger charge is -2.16. The van der Waals surface area contributed by atoms with Gasteiger partial charge in [0.05, 0.1) is 0 Å². The third-order valence-electron chi connectivity index (χ3n) is 3.67. The molecule has 2 rings (SSSR count). The monoisotopic (exact) mass is 279 g/mol. The van der Waals surface area contributed by atoms with Crippen LogP contribution < -0.4 is 0 Å². The first kappa shape index (κ1) is 14.5. The van der Waals surface area contributed by atoms with E-state index in [4.69, 9.17) is 5.11 Å². The van der Waals surface area contributed by atoms with Crippen LogP contribution in [-0.4, -0.2) is 35.5 Å². The highest BCUT2D eigenvalue weighted by atomic mass is 19.1. The summed E-state index contributed by atoms with van der Waals surface area (Å²) in [6.07, 6.45) is 1.32. The molecule has 0 bridgehead atoms. The molecule has 0 aliphatic heterocycles. The molecule has 108 valence electrons. The van der Waals surface area contributed by atoms with Gasteiger partial charge in [-0.15, -0.1) is 0 Å². The summed E-state index contributed by atoms with van der Waals surface area (Å²) in [5.41, 5.74) is 0.990. The van der Waals surface area contributed by atoms with Crippen molar-refractivity contribution in [3.8, 4) is 0 Å². The van der Waals surface area contributed by atoms with Gasteiger partial charge in [-0.25, -0.2) is 4.39 Å². The van der Waals surface area contributed by atoms with Gasteiger partial charge < -0.3 is 10.0 Å². The van der Waals surface area contributed by atoms with Gasteiger partial charge in [-0.1, -0.05) is 12.1 Å². The maximum Gasteiger partial charge on any atom is 0.303 e. The van der Waals surface area contributed by atoms with Crippen molar-refractivity contribution >= 4 is 11.9 Å². The van der Waals surface area contributed by atoms with E-state index >= 15 is 0 Å². The second-order valence-corrected chi connectivity index (χ2v) is 5.26. The molecule has 1 aliphatic rings. The second-order valence-electron chi connectivity index (χ2n) is 5.26. The molecule has 2 atom stereocenters. The molecule has 20 heavy (non-hydrogen) atoms. The van der Waals surface area contributed by atoms with Crippen LogP contribution in [0.3, 0.4) is 0 Å². The Labute approximate surface area is 117 Å². The van der Waals surface area contributed by atoms with Crippen molar-refractivity contribution in [2.24, 2.45) is 5.92 Å². The normalized spacial score (nSPS) is 20.5. The Kier molecular flexibility index (Phi) is 4.37. The largest absolute Gasteiger partial charge is 0.481 e. The van der Waals surface area contributed by atoms with Crippen LogP contribution in [-0.2, 0) is 9.59 Å². The number of amides is 1. The van der Waals surface area contributed by atoms with E-state index < -0.39 is 5.97 Å². The van der Waals surface area contributed by atoms with Crippen molar-refractivity contribution in [3.05, 3.63) is 35.6 Å². The number of hydrogen-bond donors (Lipinski definition) is 1. The van der Waals surface area contributed by atoms with Gasteiger partial charge in [-0.2, -0.15) is 0 Å². The van der Waals surface area contributed by atoms with Gasteiger partial charge in [0.15, 0.2) is 0 Å². The number of benzene rings is 1. The van der Waals surface area contributed by atoms with E-state index in [2.05, 4.69) is 0 Å². The van der Waals surface area contributed by atoms with E-state index in [9.17, 15) is 14.0 Å². The van der Waals surface area contributed by atoms with Crippen LogP contribution >= 0.6 is 0 Å². The Bertz CT molecular complexity index is 500. The first-order valence-electron chi connectivity index (χ1n) is 6.71. The van der Waals surface area contributed by atoms with Crippen molar-refractivity contribution in [1.29, 1.82) is 0 Å². The van der Waals surface area contributed by atoms with Gasteiger partial charge in [-0.05, 0) is 36.5 Å². The summed E-state index contributed by atoms with van der Waals surface area (Å²) in [6.45, 7) is 0.456. The topological polar surface area (TPSA) is 57.6 Å². The smallest absolute Gasteiger partial charge is 0.303 e. The Morgan fingerprint density at radius 3 is 2.60 bits per heavy atom. The molecule has 0 unspecified atom stereocenters. The number of halogens is 1. The molecule has 0 spiro atoms. The summed E-state index contributed by atoms with van der Waals surface area (Å²) in [7, 11) is 1.70. The number of nitrogens with zero attached hydrogens (tertiary/aromatic N) is 1. The fourth-order valence-electron chi connectivity index (χ4n) is 2.41. The Morgan fingerprint density at radius 1 is 1.35 bits per heavy atom. The highest BCUT2D eigenvalue weighted by molar-refractivity contribution is 5.82. The summed E-state index contributed by atoms with van der Waals surface area (Å²) < 4.78 is 12.8. The minimum absolute atomic E-state index is 0.0460. The van der Waals surface area contributed by atoms with E-state index in [-0.39, 0.29) is 30.0 Å². The standard InChI is InChI=1S/C15H18FNO3/c1-17(8-2-3-14(18)19)15(20)13-9-12(13)10-4-6-11(16)7-5-10/h4-7,12-13H,2-3,8-9H2,1H3,(H,18,19)/t12-,13+/m0/s1. The molecule has 0 radical (unpaired) electrons. The number of carbonyl (C=O) groups is 2. The van der Waals surface area contributed by atoms with Gasteiger partial charge in [-0.3, -0.25) is 9.59 Å². The number of hydrogen-bond acceptors (Lipinski definition) is 2. The lowest BCUT2D eigenvalue weighted by atomic mass is 10.1. The van der Waals surface area contributed by atoms with Crippen LogP contribution in [0, 0.1) is 11.7 Å². The molecule has 1 amide bonds. The molecule has 0 heterocycles. The number of carboxylic acid groups (broad SMARTS) is 1. The van der Waals surface area contributed by atoms with Gasteiger partial charge in [0, 0.05) is 25.9 Å². The molecule has 1 N–H and O–H groups in total. The maximum absolute atomic E-state index is 12.8. The van der Waals surface area contributed by atoms with Crippen LogP contribution in [0.4, 0.5) is 4.39 Å². The van der Waals surface area contributed by atoms with Crippen LogP contribution in [0.1, 0.15) is 30.7 Å². The van der Waals surface area contributed by atoms with E-state index in [1.54, 1.807) is 24.1 Å². The lowest BCUT2D eigenvalue weighted by Crippen LogP contribution is -2.29. The van der Waals surface area contributed by atoms with Gasteiger partial charge in [0.25, 0.3) is 0 Å². The molecular weight excluding hydrogens is 261 g/mol. The van der Waals surface area contributed by atoms with E-state index in [0.717, 1.165) is 12.0 Å². The SMILES string of the molecule is CN(CCCC(=O)O)C(=O)[C@@H]1C[C@H]1c1ccc(F)cc1. The van der Waals surface area contributed by atoms with Crippen LogP contribution in [0.15, 0.2) is 24.3 Å². The van der Waals surface area contributed by atoms with Crippen LogP contribution in [0.2, 0.25) is 0 Å². The molecule has 0 saturated heterocycles. The summed E-state index contributed by atoms with van der Waals surface area (Å²) in [4.78, 5) is 24.2. The van der Waals surface area contributed by atoms with E-state index in [0.29, 0.717) is 13.0 Å². The number of rotatable bonds is 6. The van der Waals surface area contributed by atoms with Crippen LogP contribution in [0.5, 0.6) is 0 Å². The van der Waals surface area contributed by atoms with Crippen molar-refractivity contribution in [1.82, 2.24) is 4.90 Å². The van der Waals surface area contributed by atoms with Crippen molar-refractivity contribution in [2.75, 3.05) is 13.6 Å². The lowest BCUT2D eigenvalue weighted by molar-refractivity contribution is -0.138. The summed E-state index contributed by atoms with van der Waals surface area (Å²) in [5.74, 6) is -0.949. The molecule has 0 aromatic heterocycles. The molecule has 1 aliphatic carbocycles. The molecular formula is C15H18FNO3. The van der Waals surface area contributed by atoms with Gasteiger partial charge >= 0.3 is 5.97 Å².